The molecule has 72 valence electrons. The molecular formula is C8H10O5. The maximum absolute atomic E-state index is 10.8. The molecule has 0 saturated carbocycles. The normalized spacial score (nSPS) is 21.3. The van der Waals surface area contributed by atoms with Crippen LogP contribution in [-0.4, -0.2) is 31.4 Å². The molecule has 0 aliphatic carbocycles. The molecule has 0 aromatic carbocycles. The lowest BCUT2D eigenvalue weighted by Gasteiger charge is -2.05. The average molecular weight is 186 g/mol. The van der Waals surface area contributed by atoms with Crippen LogP contribution in [0.15, 0.2) is 12.2 Å². The summed E-state index contributed by atoms with van der Waals surface area (Å²) in [5.74, 6) is -0.453. The largest absolute Gasteiger partial charge is 0.508 e. The van der Waals surface area contributed by atoms with Crippen molar-refractivity contribution in [1.82, 2.24) is 0 Å². The Morgan fingerprint density at radius 3 is 3.08 bits per heavy atom. The van der Waals surface area contributed by atoms with Crippen molar-refractivity contribution in [1.29, 1.82) is 0 Å². The third-order valence-electron chi connectivity index (χ3n) is 1.36. The van der Waals surface area contributed by atoms with Crippen molar-refractivity contribution in [3.05, 3.63) is 12.2 Å². The lowest BCUT2D eigenvalue weighted by Crippen LogP contribution is -2.19. The summed E-state index contributed by atoms with van der Waals surface area (Å²) >= 11 is 0. The van der Waals surface area contributed by atoms with Gasteiger partial charge in [0.25, 0.3) is 0 Å². The summed E-state index contributed by atoms with van der Waals surface area (Å²) < 4.78 is 13.8. The second-order valence-electron chi connectivity index (χ2n) is 2.43. The van der Waals surface area contributed by atoms with Gasteiger partial charge in [-0.15, -0.1) is 0 Å². The van der Waals surface area contributed by atoms with Crippen LogP contribution < -0.4 is 0 Å². The molecule has 1 aliphatic rings. The van der Waals surface area contributed by atoms with Gasteiger partial charge in [-0.2, -0.15) is 0 Å². The first-order chi connectivity index (χ1) is 6.22. The fourth-order valence-electron chi connectivity index (χ4n) is 0.807. The van der Waals surface area contributed by atoms with E-state index in [0.717, 1.165) is 0 Å². The first kappa shape index (κ1) is 9.57. The summed E-state index contributed by atoms with van der Waals surface area (Å²) in [4.78, 5) is 21.2. The van der Waals surface area contributed by atoms with Gasteiger partial charge >= 0.3 is 12.1 Å². The molecule has 0 amide bonds. The molecule has 1 unspecified atom stereocenters. The van der Waals surface area contributed by atoms with E-state index in [-0.39, 0.29) is 13.2 Å². The third kappa shape index (κ3) is 3.14. The van der Waals surface area contributed by atoms with Crippen molar-refractivity contribution in [2.75, 3.05) is 13.2 Å². The molecule has 13 heavy (non-hydrogen) atoms. The van der Waals surface area contributed by atoms with Crippen LogP contribution in [0.1, 0.15) is 6.92 Å². The highest BCUT2D eigenvalue weighted by Crippen LogP contribution is 2.06. The summed E-state index contributed by atoms with van der Waals surface area (Å²) in [5.41, 5.74) is 0. The van der Waals surface area contributed by atoms with Crippen molar-refractivity contribution >= 4 is 12.1 Å². The predicted molar refractivity (Wildman–Crippen MR) is 42.0 cm³/mol. The maximum atomic E-state index is 10.8. The van der Waals surface area contributed by atoms with Gasteiger partial charge in [-0.25, -0.2) is 9.59 Å². The predicted octanol–water partition coefficient (Wildman–Crippen LogP) is 0.641. The summed E-state index contributed by atoms with van der Waals surface area (Å²) in [6.07, 6.45) is 1.67. The Balaban J connectivity index is 2.19. The number of hydrogen-bond donors (Lipinski definition) is 0. The van der Waals surface area contributed by atoms with Crippen LogP contribution in [0.4, 0.5) is 4.79 Å². The van der Waals surface area contributed by atoms with Gasteiger partial charge in [-0.05, 0) is 6.92 Å². The van der Waals surface area contributed by atoms with Gasteiger partial charge < -0.3 is 14.2 Å². The number of rotatable bonds is 3. The highest BCUT2D eigenvalue weighted by atomic mass is 16.8. The molecular weight excluding hydrogens is 176 g/mol. The SMILES string of the molecule is CC=CC(=O)OCC1COC(=O)O1. The van der Waals surface area contributed by atoms with Crippen LogP contribution in [-0.2, 0) is 19.0 Å². The van der Waals surface area contributed by atoms with Crippen molar-refractivity contribution < 1.29 is 23.8 Å². The Morgan fingerprint density at radius 1 is 1.77 bits per heavy atom. The second kappa shape index (κ2) is 4.49. The van der Waals surface area contributed by atoms with Crippen LogP contribution in [0.25, 0.3) is 0 Å². The van der Waals surface area contributed by atoms with E-state index >= 15 is 0 Å². The minimum absolute atomic E-state index is 0.0366. The van der Waals surface area contributed by atoms with Gasteiger partial charge in [0.2, 0.25) is 0 Å². The molecule has 0 N–H and O–H groups in total. The van der Waals surface area contributed by atoms with Gasteiger partial charge in [0.15, 0.2) is 6.10 Å². The van der Waals surface area contributed by atoms with Crippen molar-refractivity contribution in [2.24, 2.45) is 0 Å². The molecule has 1 atom stereocenters. The van der Waals surface area contributed by atoms with E-state index in [1.54, 1.807) is 13.0 Å². The Bertz CT molecular complexity index is 233. The zero-order chi connectivity index (χ0) is 9.68. The lowest BCUT2D eigenvalue weighted by molar-refractivity contribution is -0.140. The number of cyclic esters (lactones) is 2. The van der Waals surface area contributed by atoms with Gasteiger partial charge in [0.05, 0.1) is 0 Å². The van der Waals surface area contributed by atoms with Gasteiger partial charge in [-0.1, -0.05) is 6.08 Å². The number of carbonyl (C=O) groups excluding carboxylic acids is 2. The molecule has 0 radical (unpaired) electrons. The first-order valence-corrected chi connectivity index (χ1v) is 3.85. The van der Waals surface area contributed by atoms with Crippen molar-refractivity contribution in [2.45, 2.75) is 13.0 Å². The van der Waals surface area contributed by atoms with Crippen molar-refractivity contribution in [3.63, 3.8) is 0 Å². The van der Waals surface area contributed by atoms with E-state index in [4.69, 9.17) is 4.74 Å². The highest BCUT2D eigenvalue weighted by molar-refractivity contribution is 5.81. The van der Waals surface area contributed by atoms with Crippen LogP contribution >= 0.6 is 0 Å². The number of carbonyl (C=O) groups is 2. The summed E-state index contributed by atoms with van der Waals surface area (Å²) in [6, 6.07) is 0. The molecule has 1 aliphatic heterocycles. The fraction of sp³-hybridized carbons (Fsp3) is 0.500. The van der Waals surface area contributed by atoms with Gasteiger partial charge in [0, 0.05) is 6.08 Å². The van der Waals surface area contributed by atoms with Crippen LogP contribution in [0.2, 0.25) is 0 Å². The molecule has 0 bridgehead atoms. The number of ether oxygens (including phenoxy) is 3. The van der Waals surface area contributed by atoms with Crippen LogP contribution in [0, 0.1) is 0 Å². The van der Waals surface area contributed by atoms with Crippen LogP contribution in [0.5, 0.6) is 0 Å². The molecule has 5 heteroatoms. The van der Waals surface area contributed by atoms with E-state index in [0.29, 0.717) is 0 Å². The Kier molecular flexibility index (Phi) is 3.31. The molecule has 1 saturated heterocycles. The smallest absolute Gasteiger partial charge is 0.458 e. The van der Waals surface area contributed by atoms with E-state index in [9.17, 15) is 9.59 Å². The van der Waals surface area contributed by atoms with E-state index in [2.05, 4.69) is 9.47 Å². The zero-order valence-electron chi connectivity index (χ0n) is 7.19. The van der Waals surface area contributed by atoms with Crippen molar-refractivity contribution in [3.8, 4) is 0 Å². The molecule has 0 aromatic rings. The molecule has 0 aromatic heterocycles. The quantitative estimate of drug-likeness (QED) is 0.478. The number of hydrogen-bond acceptors (Lipinski definition) is 5. The molecule has 1 rings (SSSR count). The maximum Gasteiger partial charge on any atom is 0.508 e. The van der Waals surface area contributed by atoms with E-state index in [1.165, 1.54) is 6.08 Å². The second-order valence-corrected chi connectivity index (χ2v) is 2.43. The molecule has 1 fully saturated rings. The third-order valence-corrected chi connectivity index (χ3v) is 1.36. The monoisotopic (exact) mass is 186 g/mol. The standard InChI is InChI=1S/C8H10O5/c1-2-3-7(9)11-4-6-5-12-8(10)13-6/h2-3,6H,4-5H2,1H3. The Morgan fingerprint density at radius 2 is 2.54 bits per heavy atom. The minimum Gasteiger partial charge on any atom is -0.458 e. The highest BCUT2D eigenvalue weighted by Gasteiger charge is 2.25. The molecule has 0 spiro atoms. The summed E-state index contributed by atoms with van der Waals surface area (Å²) in [5, 5.41) is 0. The zero-order valence-corrected chi connectivity index (χ0v) is 7.19. The molecule has 5 nitrogen and oxygen atoms in total. The van der Waals surface area contributed by atoms with E-state index < -0.39 is 18.2 Å². The number of esters is 1. The summed E-state index contributed by atoms with van der Waals surface area (Å²) in [7, 11) is 0. The summed E-state index contributed by atoms with van der Waals surface area (Å²) in [6.45, 7) is 1.89. The van der Waals surface area contributed by atoms with Crippen LogP contribution in [0.3, 0.4) is 0 Å². The Labute approximate surface area is 75.3 Å². The first-order valence-electron chi connectivity index (χ1n) is 3.85. The molecule has 1 heterocycles. The van der Waals surface area contributed by atoms with Gasteiger partial charge in [0.1, 0.15) is 13.2 Å². The van der Waals surface area contributed by atoms with E-state index in [1.807, 2.05) is 0 Å². The minimum atomic E-state index is -0.716. The lowest BCUT2D eigenvalue weighted by atomic mass is 10.4. The number of allylic oxidation sites excluding steroid dienone is 1. The fourth-order valence-corrected chi connectivity index (χ4v) is 0.807. The Hall–Kier alpha value is -1.52. The van der Waals surface area contributed by atoms with Gasteiger partial charge in [-0.3, -0.25) is 0 Å². The topological polar surface area (TPSA) is 61.8 Å². The average Bonchev–Trinajstić information content (AvgIpc) is 2.49.